The van der Waals surface area contributed by atoms with Gasteiger partial charge >= 0.3 is 0 Å². The minimum Gasteiger partial charge on any atom is -0.395 e. The van der Waals surface area contributed by atoms with Crippen LogP contribution >= 0.6 is 11.6 Å². The molecule has 1 aromatic rings. The summed E-state index contributed by atoms with van der Waals surface area (Å²) in [4.78, 5) is 0.191. The van der Waals surface area contributed by atoms with Crippen molar-refractivity contribution in [1.29, 1.82) is 0 Å². The smallest absolute Gasteiger partial charge is 0.240 e. The quantitative estimate of drug-likeness (QED) is 0.766. The Bertz CT molecular complexity index is 444. The van der Waals surface area contributed by atoms with Crippen molar-refractivity contribution in [2.24, 2.45) is 0 Å². The van der Waals surface area contributed by atoms with Gasteiger partial charge in [-0.3, -0.25) is 0 Å². The molecule has 2 N–H and O–H groups in total. The zero-order valence-corrected chi connectivity index (χ0v) is 11.1. The van der Waals surface area contributed by atoms with Crippen LogP contribution < -0.4 is 4.72 Å². The van der Waals surface area contributed by atoms with Gasteiger partial charge in [-0.15, -0.1) is 11.6 Å². The lowest BCUT2D eigenvalue weighted by atomic mass is 10.2. The minimum atomic E-state index is -3.55. The van der Waals surface area contributed by atoms with Crippen LogP contribution in [0.25, 0.3) is 0 Å². The Morgan fingerprint density at radius 1 is 1.35 bits per heavy atom. The van der Waals surface area contributed by atoms with Crippen molar-refractivity contribution < 1.29 is 13.5 Å². The average Bonchev–Trinajstić information content (AvgIpc) is 2.29. The van der Waals surface area contributed by atoms with E-state index in [4.69, 9.17) is 16.7 Å². The number of aryl methyl sites for hydroxylation is 1. The van der Waals surface area contributed by atoms with Gasteiger partial charge in [0.25, 0.3) is 0 Å². The Labute approximate surface area is 107 Å². The SMILES string of the molecule is C[C@H](CO)NS(=O)(=O)c1ccc(CCCl)cc1. The summed E-state index contributed by atoms with van der Waals surface area (Å²) in [7, 11) is -3.55. The van der Waals surface area contributed by atoms with Gasteiger partial charge in [0.15, 0.2) is 0 Å². The fourth-order valence-electron chi connectivity index (χ4n) is 1.31. The molecule has 1 atom stereocenters. The molecule has 0 spiro atoms. The predicted molar refractivity (Wildman–Crippen MR) is 67.7 cm³/mol. The molecule has 0 fully saturated rings. The number of rotatable bonds is 6. The first-order chi connectivity index (χ1) is 7.99. The van der Waals surface area contributed by atoms with Crippen molar-refractivity contribution in [2.75, 3.05) is 12.5 Å². The van der Waals surface area contributed by atoms with E-state index in [1.54, 1.807) is 19.1 Å². The van der Waals surface area contributed by atoms with Gasteiger partial charge in [-0.25, -0.2) is 13.1 Å². The molecule has 0 unspecified atom stereocenters. The highest BCUT2D eigenvalue weighted by atomic mass is 35.5. The van der Waals surface area contributed by atoms with Crippen molar-refractivity contribution in [3.63, 3.8) is 0 Å². The van der Waals surface area contributed by atoms with Crippen LogP contribution in [0.4, 0.5) is 0 Å². The number of aliphatic hydroxyl groups excluding tert-OH is 1. The van der Waals surface area contributed by atoms with E-state index >= 15 is 0 Å². The van der Waals surface area contributed by atoms with Gasteiger partial charge < -0.3 is 5.11 Å². The highest BCUT2D eigenvalue weighted by molar-refractivity contribution is 7.89. The molecule has 0 bridgehead atoms. The number of hydrogen-bond acceptors (Lipinski definition) is 3. The maximum absolute atomic E-state index is 11.8. The van der Waals surface area contributed by atoms with E-state index in [1.807, 2.05) is 0 Å². The van der Waals surface area contributed by atoms with Gasteiger partial charge in [0.1, 0.15) is 0 Å². The molecule has 6 heteroatoms. The first kappa shape index (κ1) is 14.4. The molecule has 0 aliphatic carbocycles. The molecular weight excluding hydrogens is 262 g/mol. The van der Waals surface area contributed by atoms with E-state index in [2.05, 4.69) is 4.72 Å². The van der Waals surface area contributed by atoms with Crippen LogP contribution in [0.1, 0.15) is 12.5 Å². The van der Waals surface area contributed by atoms with E-state index < -0.39 is 16.1 Å². The zero-order chi connectivity index (χ0) is 12.9. The van der Waals surface area contributed by atoms with Crippen molar-refractivity contribution in [3.05, 3.63) is 29.8 Å². The van der Waals surface area contributed by atoms with Gasteiger partial charge in [-0.05, 0) is 31.0 Å². The average molecular weight is 278 g/mol. The summed E-state index contributed by atoms with van der Waals surface area (Å²) in [6.45, 7) is 1.36. The van der Waals surface area contributed by atoms with E-state index in [0.717, 1.165) is 5.56 Å². The highest BCUT2D eigenvalue weighted by Gasteiger charge is 2.16. The molecule has 17 heavy (non-hydrogen) atoms. The largest absolute Gasteiger partial charge is 0.395 e. The molecule has 1 aromatic carbocycles. The first-order valence-electron chi connectivity index (χ1n) is 5.27. The maximum atomic E-state index is 11.8. The Morgan fingerprint density at radius 2 is 1.94 bits per heavy atom. The molecule has 0 aliphatic rings. The second-order valence-corrected chi connectivity index (χ2v) is 5.88. The van der Waals surface area contributed by atoms with Crippen LogP contribution in [0, 0.1) is 0 Å². The van der Waals surface area contributed by atoms with E-state index in [9.17, 15) is 8.42 Å². The molecule has 1 rings (SSSR count). The second-order valence-electron chi connectivity index (χ2n) is 3.79. The van der Waals surface area contributed by atoms with Crippen molar-refractivity contribution in [3.8, 4) is 0 Å². The molecule has 4 nitrogen and oxygen atoms in total. The lowest BCUT2D eigenvalue weighted by Crippen LogP contribution is -2.34. The number of nitrogens with one attached hydrogen (secondary N) is 1. The third-order valence-corrected chi connectivity index (χ3v) is 4.04. The lowest BCUT2D eigenvalue weighted by Gasteiger charge is -2.11. The fraction of sp³-hybridized carbons (Fsp3) is 0.455. The Balaban J connectivity index is 2.85. The highest BCUT2D eigenvalue weighted by Crippen LogP contribution is 2.11. The summed E-state index contributed by atoms with van der Waals surface area (Å²) in [6.07, 6.45) is 0.711. The van der Waals surface area contributed by atoms with Gasteiger partial charge in [-0.1, -0.05) is 12.1 Å². The number of alkyl halides is 1. The summed E-state index contributed by atoms with van der Waals surface area (Å²) >= 11 is 5.60. The van der Waals surface area contributed by atoms with Gasteiger partial charge in [-0.2, -0.15) is 0 Å². The molecule has 96 valence electrons. The van der Waals surface area contributed by atoms with Crippen LogP contribution in [0.3, 0.4) is 0 Å². The van der Waals surface area contributed by atoms with Gasteiger partial charge in [0.2, 0.25) is 10.0 Å². The van der Waals surface area contributed by atoms with E-state index in [1.165, 1.54) is 12.1 Å². The normalized spacial score (nSPS) is 13.6. The number of hydrogen-bond donors (Lipinski definition) is 2. The number of aliphatic hydroxyl groups is 1. The molecule has 0 aromatic heterocycles. The molecule has 0 saturated carbocycles. The van der Waals surface area contributed by atoms with Crippen LogP contribution in [0.5, 0.6) is 0 Å². The molecular formula is C11H16ClNO3S. The summed E-state index contributed by atoms with van der Waals surface area (Å²) in [5.41, 5.74) is 0.995. The summed E-state index contributed by atoms with van der Waals surface area (Å²) < 4.78 is 26.0. The zero-order valence-electron chi connectivity index (χ0n) is 9.56. The van der Waals surface area contributed by atoms with Crippen LogP contribution in [0.2, 0.25) is 0 Å². The molecule has 0 heterocycles. The van der Waals surface area contributed by atoms with Crippen molar-refractivity contribution >= 4 is 21.6 Å². The van der Waals surface area contributed by atoms with Crippen LogP contribution in [0.15, 0.2) is 29.2 Å². The van der Waals surface area contributed by atoms with Gasteiger partial charge in [0, 0.05) is 11.9 Å². The molecule has 0 amide bonds. The van der Waals surface area contributed by atoms with Crippen LogP contribution in [-0.4, -0.2) is 32.1 Å². The Morgan fingerprint density at radius 3 is 2.41 bits per heavy atom. The molecule has 0 aliphatic heterocycles. The van der Waals surface area contributed by atoms with Gasteiger partial charge in [0.05, 0.1) is 11.5 Å². The Kier molecular flexibility index (Phi) is 5.39. The second kappa shape index (κ2) is 6.35. The fourth-order valence-corrected chi connectivity index (χ4v) is 2.77. The van der Waals surface area contributed by atoms with E-state index in [-0.39, 0.29) is 11.5 Å². The van der Waals surface area contributed by atoms with Crippen molar-refractivity contribution in [1.82, 2.24) is 4.72 Å². The molecule has 0 radical (unpaired) electrons. The Hall–Kier alpha value is -0.620. The third kappa shape index (κ3) is 4.27. The number of halogens is 1. The summed E-state index contributed by atoms with van der Waals surface area (Å²) in [5, 5.41) is 8.82. The van der Waals surface area contributed by atoms with Crippen LogP contribution in [-0.2, 0) is 16.4 Å². The lowest BCUT2D eigenvalue weighted by molar-refractivity contribution is 0.265. The van der Waals surface area contributed by atoms with Crippen molar-refractivity contribution in [2.45, 2.75) is 24.3 Å². The number of benzene rings is 1. The monoisotopic (exact) mass is 277 g/mol. The molecule has 0 saturated heterocycles. The summed E-state index contributed by atoms with van der Waals surface area (Å²) in [5.74, 6) is 0.506. The topological polar surface area (TPSA) is 66.4 Å². The first-order valence-corrected chi connectivity index (χ1v) is 7.29. The summed E-state index contributed by atoms with van der Waals surface area (Å²) in [6, 6.07) is 6.05. The third-order valence-electron chi connectivity index (χ3n) is 2.25. The standard InChI is InChI=1S/C11H16ClNO3S/c1-9(8-14)13-17(15,16)11-4-2-10(3-5-11)6-7-12/h2-5,9,13-14H,6-8H2,1H3/t9-/m1/s1. The predicted octanol–water partition coefficient (Wildman–Crippen LogP) is 1.13. The maximum Gasteiger partial charge on any atom is 0.240 e. The number of sulfonamides is 1. The van der Waals surface area contributed by atoms with E-state index in [0.29, 0.717) is 12.3 Å². The minimum absolute atomic E-state index is 0.191.